The van der Waals surface area contributed by atoms with E-state index in [-0.39, 0.29) is 10.9 Å². The standard InChI is InChI=1S/C22H28N4O4S/c1-16-17(15-26(24-16)18-10-6-5-7-11-18)9-8-14-23-21(27)19-12-13-20(30-19)31(28,29)25-22(2,3)4/h5-7,10-13,15,25H,8-9,14H2,1-4H3,(H,23,27). The van der Waals surface area contributed by atoms with E-state index in [1.165, 1.54) is 12.1 Å². The predicted molar refractivity (Wildman–Crippen MR) is 118 cm³/mol. The Hall–Kier alpha value is -2.91. The van der Waals surface area contributed by atoms with Crippen LogP contribution in [0.25, 0.3) is 5.69 Å². The molecule has 0 saturated heterocycles. The third-order valence-electron chi connectivity index (χ3n) is 4.44. The largest absolute Gasteiger partial charge is 0.438 e. The highest BCUT2D eigenvalue weighted by atomic mass is 32.2. The van der Waals surface area contributed by atoms with Crippen LogP contribution in [0, 0.1) is 6.92 Å². The summed E-state index contributed by atoms with van der Waals surface area (Å²) in [5, 5.41) is 7.03. The van der Waals surface area contributed by atoms with Gasteiger partial charge in [0.25, 0.3) is 15.9 Å². The van der Waals surface area contributed by atoms with E-state index in [0.29, 0.717) is 13.0 Å². The number of nitrogens with zero attached hydrogens (tertiary/aromatic N) is 2. The maximum absolute atomic E-state index is 12.3. The third kappa shape index (κ3) is 6.05. The Morgan fingerprint density at radius 3 is 2.52 bits per heavy atom. The van der Waals surface area contributed by atoms with E-state index in [0.717, 1.165) is 23.4 Å². The zero-order chi connectivity index (χ0) is 22.6. The molecule has 166 valence electrons. The Bertz CT molecular complexity index is 1140. The number of sulfonamides is 1. The molecule has 1 aromatic carbocycles. The minimum Gasteiger partial charge on any atom is -0.438 e. The number of hydrogen-bond acceptors (Lipinski definition) is 5. The summed E-state index contributed by atoms with van der Waals surface area (Å²) in [6.45, 7) is 7.58. The Kier molecular flexibility index (Phi) is 6.66. The number of carbonyl (C=O) groups excluding carboxylic acids is 1. The van der Waals surface area contributed by atoms with Gasteiger partial charge in [-0.05, 0) is 70.4 Å². The first-order valence-electron chi connectivity index (χ1n) is 10.1. The number of rotatable bonds is 8. The van der Waals surface area contributed by atoms with Gasteiger partial charge in [-0.1, -0.05) is 18.2 Å². The number of aromatic nitrogens is 2. The van der Waals surface area contributed by atoms with Crippen LogP contribution < -0.4 is 10.0 Å². The molecule has 0 atom stereocenters. The molecule has 0 saturated carbocycles. The summed E-state index contributed by atoms with van der Waals surface area (Å²) in [5.41, 5.74) is 2.40. The third-order valence-corrected chi connectivity index (χ3v) is 6.07. The fourth-order valence-corrected chi connectivity index (χ4v) is 4.42. The molecule has 2 N–H and O–H groups in total. The van der Waals surface area contributed by atoms with Gasteiger partial charge in [0.1, 0.15) is 0 Å². The summed E-state index contributed by atoms with van der Waals surface area (Å²) in [7, 11) is -3.82. The van der Waals surface area contributed by atoms with E-state index < -0.39 is 21.5 Å². The molecule has 0 aliphatic carbocycles. The van der Waals surface area contributed by atoms with Crippen LogP contribution in [0.5, 0.6) is 0 Å². The van der Waals surface area contributed by atoms with Crippen LogP contribution in [0.1, 0.15) is 49.0 Å². The first kappa shape index (κ1) is 22.8. The lowest BCUT2D eigenvalue weighted by Crippen LogP contribution is -2.40. The lowest BCUT2D eigenvalue weighted by molar-refractivity contribution is 0.0920. The number of benzene rings is 1. The van der Waals surface area contributed by atoms with Gasteiger partial charge in [0.05, 0.1) is 11.4 Å². The molecule has 2 heterocycles. The van der Waals surface area contributed by atoms with E-state index in [2.05, 4.69) is 15.1 Å². The number of aryl methyl sites for hydroxylation is 2. The minimum absolute atomic E-state index is 0.0395. The Balaban J connectivity index is 1.53. The van der Waals surface area contributed by atoms with Gasteiger partial charge in [0, 0.05) is 18.3 Å². The molecule has 0 unspecified atom stereocenters. The average molecular weight is 445 g/mol. The van der Waals surface area contributed by atoms with Crippen LogP contribution in [0.4, 0.5) is 0 Å². The molecular formula is C22H28N4O4S. The van der Waals surface area contributed by atoms with Crippen molar-refractivity contribution in [1.29, 1.82) is 0 Å². The van der Waals surface area contributed by atoms with E-state index in [9.17, 15) is 13.2 Å². The fraction of sp³-hybridized carbons (Fsp3) is 0.364. The molecule has 0 fully saturated rings. The molecule has 0 bridgehead atoms. The zero-order valence-electron chi connectivity index (χ0n) is 18.2. The molecule has 0 spiro atoms. The molecule has 31 heavy (non-hydrogen) atoms. The monoisotopic (exact) mass is 444 g/mol. The smallest absolute Gasteiger partial charge is 0.287 e. The zero-order valence-corrected chi connectivity index (χ0v) is 19.0. The first-order valence-corrected chi connectivity index (χ1v) is 11.6. The van der Waals surface area contributed by atoms with Crippen molar-refractivity contribution in [3.8, 4) is 5.69 Å². The van der Waals surface area contributed by atoms with Gasteiger partial charge in [-0.2, -0.15) is 5.10 Å². The summed E-state index contributed by atoms with van der Waals surface area (Å²) in [4.78, 5) is 12.3. The second-order valence-corrected chi connectivity index (χ2v) is 9.97. The number of amides is 1. The molecule has 3 rings (SSSR count). The van der Waals surface area contributed by atoms with Crippen molar-refractivity contribution in [2.45, 2.75) is 51.2 Å². The summed E-state index contributed by atoms with van der Waals surface area (Å²) in [6.07, 6.45) is 3.47. The number of furan rings is 1. The van der Waals surface area contributed by atoms with Gasteiger partial charge in [0.2, 0.25) is 5.09 Å². The highest BCUT2D eigenvalue weighted by Gasteiger charge is 2.26. The van der Waals surface area contributed by atoms with Gasteiger partial charge in [-0.15, -0.1) is 0 Å². The predicted octanol–water partition coefficient (Wildman–Crippen LogP) is 3.21. The van der Waals surface area contributed by atoms with Crippen molar-refractivity contribution in [2.24, 2.45) is 0 Å². The maximum atomic E-state index is 12.3. The molecule has 0 radical (unpaired) electrons. The van der Waals surface area contributed by atoms with E-state index in [4.69, 9.17) is 4.42 Å². The van der Waals surface area contributed by atoms with Gasteiger partial charge in [-0.3, -0.25) is 4.79 Å². The number of hydrogen-bond donors (Lipinski definition) is 2. The number of carbonyl (C=O) groups is 1. The van der Waals surface area contributed by atoms with Gasteiger partial charge >= 0.3 is 0 Å². The minimum atomic E-state index is -3.82. The van der Waals surface area contributed by atoms with E-state index in [1.807, 2.05) is 48.1 Å². The summed E-state index contributed by atoms with van der Waals surface area (Å²) < 4.78 is 34.2. The summed E-state index contributed by atoms with van der Waals surface area (Å²) in [6, 6.07) is 12.5. The van der Waals surface area contributed by atoms with Crippen molar-refractivity contribution in [1.82, 2.24) is 19.8 Å². The van der Waals surface area contributed by atoms with Crippen molar-refractivity contribution in [3.05, 3.63) is 65.7 Å². The highest BCUT2D eigenvalue weighted by molar-refractivity contribution is 7.89. The summed E-state index contributed by atoms with van der Waals surface area (Å²) >= 11 is 0. The van der Waals surface area contributed by atoms with Crippen LogP contribution >= 0.6 is 0 Å². The van der Waals surface area contributed by atoms with Crippen molar-refractivity contribution < 1.29 is 17.6 Å². The second-order valence-electron chi connectivity index (χ2n) is 8.35. The topological polar surface area (TPSA) is 106 Å². The molecule has 0 aliphatic rings. The molecular weight excluding hydrogens is 416 g/mol. The highest BCUT2D eigenvalue weighted by Crippen LogP contribution is 2.17. The van der Waals surface area contributed by atoms with Gasteiger partial charge in [0.15, 0.2) is 5.76 Å². The fourth-order valence-electron chi connectivity index (χ4n) is 3.06. The van der Waals surface area contributed by atoms with Crippen LogP contribution in [-0.2, 0) is 16.4 Å². The molecule has 3 aromatic rings. The van der Waals surface area contributed by atoms with Crippen LogP contribution in [0.2, 0.25) is 0 Å². The van der Waals surface area contributed by atoms with Crippen LogP contribution in [0.3, 0.4) is 0 Å². The first-order chi connectivity index (χ1) is 14.5. The lowest BCUT2D eigenvalue weighted by Gasteiger charge is -2.18. The van der Waals surface area contributed by atoms with Crippen molar-refractivity contribution in [2.75, 3.05) is 6.54 Å². The van der Waals surface area contributed by atoms with E-state index in [1.54, 1.807) is 20.8 Å². The van der Waals surface area contributed by atoms with Crippen molar-refractivity contribution in [3.63, 3.8) is 0 Å². The molecule has 2 aromatic heterocycles. The van der Waals surface area contributed by atoms with Gasteiger partial charge < -0.3 is 9.73 Å². The SMILES string of the molecule is Cc1nn(-c2ccccc2)cc1CCCNC(=O)c1ccc(S(=O)(=O)NC(C)(C)C)o1. The lowest BCUT2D eigenvalue weighted by atomic mass is 10.1. The van der Waals surface area contributed by atoms with Crippen LogP contribution in [0.15, 0.2) is 58.2 Å². The molecule has 0 aliphatic heterocycles. The average Bonchev–Trinajstić information content (AvgIpc) is 3.32. The van der Waals surface area contributed by atoms with Crippen LogP contribution in [-0.4, -0.2) is 36.2 Å². The van der Waals surface area contributed by atoms with Crippen molar-refractivity contribution >= 4 is 15.9 Å². The number of para-hydroxylation sites is 1. The Morgan fingerprint density at radius 1 is 1.13 bits per heavy atom. The van der Waals surface area contributed by atoms with Gasteiger partial charge in [-0.25, -0.2) is 17.8 Å². The number of nitrogens with one attached hydrogen (secondary N) is 2. The van der Waals surface area contributed by atoms with E-state index >= 15 is 0 Å². The Labute approximate surface area is 182 Å². The quantitative estimate of drug-likeness (QED) is 0.519. The maximum Gasteiger partial charge on any atom is 0.287 e. The normalized spacial score (nSPS) is 12.1. The molecule has 9 heteroatoms. The molecule has 1 amide bonds. The summed E-state index contributed by atoms with van der Waals surface area (Å²) in [5.74, 6) is -0.490. The Morgan fingerprint density at radius 2 is 1.84 bits per heavy atom. The second kappa shape index (κ2) is 9.07. The molecule has 8 nitrogen and oxygen atoms in total.